The van der Waals surface area contributed by atoms with Gasteiger partial charge in [0.15, 0.2) is 0 Å². The average Bonchev–Trinajstić information content (AvgIpc) is 3.12. The SMILES string of the molecule is CCC(C)COC(CC)COCC(COCC(CC)OCC(N)CC)(COCC(CC)OCC(N)CC)COCC(CC)OCC(N)CC. The Balaban J connectivity index is 5.91. The molecule has 0 bridgehead atoms. The molecule has 0 aromatic heterocycles. The first-order valence-corrected chi connectivity index (χ1v) is 19.6. The second-order valence-corrected chi connectivity index (χ2v) is 14.0. The largest absolute Gasteiger partial charge is 0.378 e. The van der Waals surface area contributed by atoms with Crippen molar-refractivity contribution in [3.8, 4) is 0 Å². The smallest absolute Gasteiger partial charge is 0.0806 e. The third-order valence-corrected chi connectivity index (χ3v) is 9.19. The van der Waals surface area contributed by atoms with Crippen LogP contribution >= 0.6 is 0 Å². The van der Waals surface area contributed by atoms with Gasteiger partial charge < -0.3 is 55.1 Å². The van der Waals surface area contributed by atoms with Crippen LogP contribution in [0.15, 0.2) is 0 Å². The Kier molecular flexibility index (Phi) is 30.8. The highest BCUT2D eigenvalue weighted by Gasteiger charge is 2.34. The van der Waals surface area contributed by atoms with Gasteiger partial charge >= 0.3 is 0 Å². The zero-order valence-electron chi connectivity index (χ0n) is 33.3. The van der Waals surface area contributed by atoms with Crippen LogP contribution in [0.1, 0.15) is 114 Å². The fourth-order valence-electron chi connectivity index (χ4n) is 4.56. The van der Waals surface area contributed by atoms with E-state index in [9.17, 15) is 0 Å². The summed E-state index contributed by atoms with van der Waals surface area (Å²) in [5.74, 6) is 0.505. The second kappa shape index (κ2) is 31.1. The number of nitrogens with two attached hydrogens (primary N) is 3. The molecule has 8 atom stereocenters. The van der Waals surface area contributed by atoms with Crippen molar-refractivity contribution in [3.63, 3.8) is 0 Å². The van der Waals surface area contributed by atoms with E-state index < -0.39 is 5.41 Å². The minimum Gasteiger partial charge on any atom is -0.378 e. The molecule has 296 valence electrons. The molecule has 0 heterocycles. The molecule has 0 saturated carbocycles. The Labute approximate surface area is 301 Å². The van der Waals surface area contributed by atoms with Crippen LogP contribution in [0.2, 0.25) is 0 Å². The zero-order valence-corrected chi connectivity index (χ0v) is 33.3. The van der Waals surface area contributed by atoms with Crippen molar-refractivity contribution in [1.29, 1.82) is 0 Å². The van der Waals surface area contributed by atoms with E-state index in [2.05, 4.69) is 62.3 Å². The summed E-state index contributed by atoms with van der Waals surface area (Å²) in [7, 11) is 0. The van der Waals surface area contributed by atoms with Crippen molar-refractivity contribution < 1.29 is 37.9 Å². The maximum Gasteiger partial charge on any atom is 0.0806 e. The third-order valence-electron chi connectivity index (χ3n) is 9.19. The lowest BCUT2D eigenvalue weighted by molar-refractivity contribution is -0.143. The van der Waals surface area contributed by atoms with Gasteiger partial charge in [0.2, 0.25) is 0 Å². The highest BCUT2D eigenvalue weighted by molar-refractivity contribution is 4.81. The van der Waals surface area contributed by atoms with Gasteiger partial charge in [-0.25, -0.2) is 0 Å². The van der Waals surface area contributed by atoms with Crippen LogP contribution in [0.5, 0.6) is 0 Å². The van der Waals surface area contributed by atoms with Crippen molar-refractivity contribution in [2.45, 2.75) is 156 Å². The molecule has 0 fully saturated rings. The Hall–Kier alpha value is -0.440. The van der Waals surface area contributed by atoms with Crippen LogP contribution in [0.25, 0.3) is 0 Å². The van der Waals surface area contributed by atoms with E-state index in [0.717, 1.165) is 58.0 Å². The van der Waals surface area contributed by atoms with Gasteiger partial charge in [0.05, 0.1) is 103 Å². The molecule has 0 aliphatic rings. The molecule has 11 heteroatoms. The number of ether oxygens (including phenoxy) is 8. The Bertz CT molecular complexity index is 607. The molecular formula is C38H81N3O8. The van der Waals surface area contributed by atoms with E-state index in [1.807, 2.05) is 0 Å². The van der Waals surface area contributed by atoms with Gasteiger partial charge in [-0.15, -0.1) is 0 Å². The molecule has 6 N–H and O–H groups in total. The quantitative estimate of drug-likeness (QED) is 0.0760. The van der Waals surface area contributed by atoms with Gasteiger partial charge in [0, 0.05) is 24.7 Å². The lowest BCUT2D eigenvalue weighted by atomic mass is 9.92. The number of rotatable bonds is 36. The molecule has 0 aromatic rings. The average molecular weight is 708 g/mol. The Morgan fingerprint density at radius 2 is 0.633 bits per heavy atom. The number of hydrogen-bond acceptors (Lipinski definition) is 11. The summed E-state index contributed by atoms with van der Waals surface area (Å²) in [5.41, 5.74) is 17.8. The molecule has 0 aliphatic carbocycles. The molecule has 0 radical (unpaired) electrons. The maximum absolute atomic E-state index is 6.44. The van der Waals surface area contributed by atoms with Crippen molar-refractivity contribution in [2.24, 2.45) is 28.5 Å². The van der Waals surface area contributed by atoms with Crippen molar-refractivity contribution in [1.82, 2.24) is 0 Å². The molecular weight excluding hydrogens is 626 g/mol. The first-order chi connectivity index (χ1) is 23.5. The van der Waals surface area contributed by atoms with Crippen LogP contribution in [0, 0.1) is 11.3 Å². The molecule has 0 spiro atoms. The highest BCUT2D eigenvalue weighted by atomic mass is 16.6. The fourth-order valence-corrected chi connectivity index (χ4v) is 4.56. The first-order valence-electron chi connectivity index (χ1n) is 19.6. The van der Waals surface area contributed by atoms with Gasteiger partial charge in [-0.1, -0.05) is 68.7 Å². The summed E-state index contributed by atoms with van der Waals surface area (Å²) in [6.45, 7) is 24.6. The molecule has 8 unspecified atom stereocenters. The van der Waals surface area contributed by atoms with E-state index in [1.54, 1.807) is 0 Å². The fraction of sp³-hybridized carbons (Fsp3) is 1.00. The van der Waals surface area contributed by atoms with Gasteiger partial charge in [-0.3, -0.25) is 0 Å². The first kappa shape index (κ1) is 48.6. The molecule has 49 heavy (non-hydrogen) atoms. The Morgan fingerprint density at radius 3 is 0.857 bits per heavy atom. The van der Waals surface area contributed by atoms with Crippen molar-refractivity contribution in [2.75, 3.05) is 79.3 Å². The summed E-state index contributed by atoms with van der Waals surface area (Å²) in [6.07, 6.45) is 6.86. The van der Waals surface area contributed by atoms with Crippen molar-refractivity contribution in [3.05, 3.63) is 0 Å². The summed E-state index contributed by atoms with van der Waals surface area (Å²) in [4.78, 5) is 0. The van der Waals surface area contributed by atoms with E-state index in [-0.39, 0.29) is 42.5 Å². The molecule has 0 rings (SSSR count). The molecule has 0 aromatic carbocycles. The van der Waals surface area contributed by atoms with Crippen LogP contribution < -0.4 is 17.2 Å². The Morgan fingerprint density at radius 1 is 0.367 bits per heavy atom. The summed E-state index contributed by atoms with van der Waals surface area (Å²) in [5, 5.41) is 0. The highest BCUT2D eigenvalue weighted by Crippen LogP contribution is 2.23. The van der Waals surface area contributed by atoms with Crippen LogP contribution in [0.4, 0.5) is 0 Å². The van der Waals surface area contributed by atoms with Gasteiger partial charge in [0.25, 0.3) is 0 Å². The summed E-state index contributed by atoms with van der Waals surface area (Å²) in [6, 6.07) is 0.0378. The van der Waals surface area contributed by atoms with Gasteiger partial charge in [-0.2, -0.15) is 0 Å². The zero-order chi connectivity index (χ0) is 36.9. The number of hydrogen-bond donors (Lipinski definition) is 3. The lowest BCUT2D eigenvalue weighted by Gasteiger charge is -2.35. The minimum absolute atomic E-state index is 0.0105. The summed E-state index contributed by atoms with van der Waals surface area (Å²) < 4.78 is 50.2. The molecule has 11 nitrogen and oxygen atoms in total. The maximum atomic E-state index is 6.44. The summed E-state index contributed by atoms with van der Waals surface area (Å²) >= 11 is 0. The normalized spacial score (nSPS) is 18.4. The topological polar surface area (TPSA) is 152 Å². The molecule has 0 aliphatic heterocycles. The van der Waals surface area contributed by atoms with Crippen LogP contribution in [0.3, 0.4) is 0 Å². The van der Waals surface area contributed by atoms with Crippen LogP contribution in [-0.2, 0) is 37.9 Å². The van der Waals surface area contributed by atoms with E-state index >= 15 is 0 Å². The van der Waals surface area contributed by atoms with Crippen LogP contribution in [-0.4, -0.2) is 122 Å². The van der Waals surface area contributed by atoms with Gasteiger partial charge in [0.1, 0.15) is 0 Å². The molecule has 0 amide bonds. The van der Waals surface area contributed by atoms with Gasteiger partial charge in [-0.05, 0) is 50.9 Å². The monoisotopic (exact) mass is 708 g/mol. The van der Waals surface area contributed by atoms with Crippen molar-refractivity contribution >= 4 is 0 Å². The second-order valence-electron chi connectivity index (χ2n) is 14.0. The van der Waals surface area contributed by atoms with E-state index in [0.29, 0.717) is 78.6 Å². The lowest BCUT2D eigenvalue weighted by Crippen LogP contribution is -2.44. The predicted molar refractivity (Wildman–Crippen MR) is 200 cm³/mol. The van der Waals surface area contributed by atoms with E-state index in [4.69, 9.17) is 55.1 Å². The predicted octanol–water partition coefficient (Wildman–Crippen LogP) is 5.48. The van der Waals surface area contributed by atoms with E-state index in [1.165, 1.54) is 0 Å². The molecule has 0 saturated heterocycles. The standard InChI is InChI=1S/C38H81N3O8/c1-10-30(9)18-46-34(14-5)22-42-26-38(27-43-23-35(15-6)47-19-31(39)11-2,28-44-24-36(16-7)48-20-32(40)12-3)29-45-25-37(17-8)49-21-33(41)13-4/h30-37H,10-29,39-41H2,1-9H3. The third kappa shape index (κ3) is 24.4. The minimum atomic E-state index is -0.594.